The second kappa shape index (κ2) is 10.0. The summed E-state index contributed by atoms with van der Waals surface area (Å²) in [7, 11) is 1.43. The zero-order chi connectivity index (χ0) is 22.4. The molecule has 0 aliphatic rings. The number of Topliss-reactive ketones (excluding diaryl/α,β-unsaturated/α-hetero) is 1. The maximum atomic E-state index is 13.4. The molecule has 0 amide bonds. The molecule has 6 nitrogen and oxygen atoms in total. The van der Waals surface area contributed by atoms with Crippen molar-refractivity contribution in [2.75, 3.05) is 7.11 Å². The topological polar surface area (TPSA) is 104 Å². The van der Waals surface area contributed by atoms with Gasteiger partial charge >= 0.3 is 5.97 Å². The molecule has 7 heteroatoms. The van der Waals surface area contributed by atoms with E-state index >= 15 is 0 Å². The number of ether oxygens (including phenoxy) is 1. The predicted molar refractivity (Wildman–Crippen MR) is 111 cm³/mol. The van der Waals surface area contributed by atoms with Crippen molar-refractivity contribution in [3.05, 3.63) is 53.4 Å². The molecule has 0 spiro atoms. The van der Waals surface area contributed by atoms with E-state index in [0.29, 0.717) is 16.7 Å². The van der Waals surface area contributed by atoms with Crippen molar-refractivity contribution in [3.8, 4) is 22.6 Å². The molecule has 2 rings (SSSR count). The van der Waals surface area contributed by atoms with Gasteiger partial charge in [0.05, 0.1) is 13.2 Å². The summed E-state index contributed by atoms with van der Waals surface area (Å²) < 4.78 is 18.7. The lowest BCUT2D eigenvalue weighted by Crippen LogP contribution is -2.14. The molecule has 0 aliphatic carbocycles. The number of methoxy groups -OCH3 is 1. The Morgan fingerprint density at radius 3 is 2.37 bits per heavy atom. The monoisotopic (exact) mass is 416 g/mol. The Morgan fingerprint density at radius 2 is 1.83 bits per heavy atom. The molecule has 2 aromatic rings. The highest BCUT2D eigenvalue weighted by Gasteiger charge is 2.20. The SMILES string of the molecule is COc1cc(C(C)C)c(/C=C/C(O)CC(=O)CC(=O)O)c(-c2ccc(F)cc2)c1O. The van der Waals surface area contributed by atoms with Crippen LogP contribution in [0.2, 0.25) is 0 Å². The Hall–Kier alpha value is -3.19. The van der Waals surface area contributed by atoms with E-state index in [-0.39, 0.29) is 23.8 Å². The van der Waals surface area contributed by atoms with Gasteiger partial charge < -0.3 is 20.1 Å². The summed E-state index contributed by atoms with van der Waals surface area (Å²) in [5.74, 6) is -2.13. The van der Waals surface area contributed by atoms with E-state index in [4.69, 9.17) is 9.84 Å². The number of hydrogen-bond donors (Lipinski definition) is 3. The molecule has 3 N–H and O–H groups in total. The van der Waals surface area contributed by atoms with Gasteiger partial charge in [-0.3, -0.25) is 9.59 Å². The summed E-state index contributed by atoms with van der Waals surface area (Å²) in [5.41, 5.74) is 2.34. The summed E-state index contributed by atoms with van der Waals surface area (Å²) in [5, 5.41) is 29.6. The number of carboxylic acid groups (broad SMARTS) is 1. The number of aliphatic carboxylic acids is 1. The quantitative estimate of drug-likeness (QED) is 0.531. The molecule has 0 radical (unpaired) electrons. The van der Waals surface area contributed by atoms with Crippen molar-refractivity contribution < 1.29 is 34.0 Å². The molecule has 1 atom stereocenters. The molecule has 1 unspecified atom stereocenters. The Bertz CT molecular complexity index is 947. The third-order valence-corrected chi connectivity index (χ3v) is 4.58. The van der Waals surface area contributed by atoms with Gasteiger partial charge in [0, 0.05) is 12.0 Å². The van der Waals surface area contributed by atoms with E-state index in [1.54, 1.807) is 12.1 Å². The second-order valence-corrected chi connectivity index (χ2v) is 7.21. The molecule has 30 heavy (non-hydrogen) atoms. The van der Waals surface area contributed by atoms with Crippen LogP contribution in [0.1, 0.15) is 43.7 Å². The number of phenols is 1. The van der Waals surface area contributed by atoms with Crippen molar-refractivity contribution >= 4 is 17.8 Å². The lowest BCUT2D eigenvalue weighted by Gasteiger charge is -2.19. The molecular weight excluding hydrogens is 391 g/mol. The van der Waals surface area contributed by atoms with Crippen LogP contribution in [0.3, 0.4) is 0 Å². The molecule has 0 aromatic heterocycles. The zero-order valence-corrected chi connectivity index (χ0v) is 17.1. The molecule has 0 heterocycles. The fourth-order valence-corrected chi connectivity index (χ4v) is 3.15. The van der Waals surface area contributed by atoms with E-state index in [2.05, 4.69) is 0 Å². The number of aromatic hydroxyl groups is 1. The first-order valence-corrected chi connectivity index (χ1v) is 9.43. The maximum Gasteiger partial charge on any atom is 0.310 e. The average Bonchev–Trinajstić information content (AvgIpc) is 2.66. The highest BCUT2D eigenvalue weighted by molar-refractivity contribution is 5.95. The number of ketones is 1. The van der Waals surface area contributed by atoms with Crippen LogP contribution in [-0.2, 0) is 9.59 Å². The molecule has 0 bridgehead atoms. The van der Waals surface area contributed by atoms with E-state index in [9.17, 15) is 24.2 Å². The van der Waals surface area contributed by atoms with Crippen LogP contribution < -0.4 is 4.74 Å². The van der Waals surface area contributed by atoms with Crippen LogP contribution in [0.4, 0.5) is 4.39 Å². The first-order chi connectivity index (χ1) is 14.1. The summed E-state index contributed by atoms with van der Waals surface area (Å²) >= 11 is 0. The van der Waals surface area contributed by atoms with Crippen LogP contribution in [0.5, 0.6) is 11.5 Å². The first-order valence-electron chi connectivity index (χ1n) is 9.43. The highest BCUT2D eigenvalue weighted by atomic mass is 19.1. The van der Waals surface area contributed by atoms with Crippen molar-refractivity contribution in [1.29, 1.82) is 0 Å². The largest absolute Gasteiger partial charge is 0.504 e. The lowest BCUT2D eigenvalue weighted by atomic mass is 9.88. The number of carbonyl (C=O) groups excluding carboxylic acids is 1. The van der Waals surface area contributed by atoms with Crippen LogP contribution in [0.25, 0.3) is 17.2 Å². The second-order valence-electron chi connectivity index (χ2n) is 7.21. The summed E-state index contributed by atoms with van der Waals surface area (Å²) in [6.07, 6.45) is 0.758. The smallest absolute Gasteiger partial charge is 0.310 e. The van der Waals surface area contributed by atoms with E-state index in [0.717, 1.165) is 5.56 Å². The fraction of sp³-hybridized carbons (Fsp3) is 0.304. The molecule has 2 aromatic carbocycles. The Balaban J connectivity index is 2.55. The van der Waals surface area contributed by atoms with E-state index in [1.807, 2.05) is 13.8 Å². The van der Waals surface area contributed by atoms with Crippen LogP contribution in [0.15, 0.2) is 36.4 Å². The third-order valence-electron chi connectivity index (χ3n) is 4.58. The van der Waals surface area contributed by atoms with Crippen molar-refractivity contribution in [2.24, 2.45) is 0 Å². The van der Waals surface area contributed by atoms with E-state index in [1.165, 1.54) is 37.5 Å². The number of phenolic OH excluding ortho intramolecular Hbond substituents is 1. The maximum absolute atomic E-state index is 13.4. The van der Waals surface area contributed by atoms with Crippen LogP contribution in [0, 0.1) is 5.82 Å². The van der Waals surface area contributed by atoms with E-state index < -0.39 is 30.1 Å². The number of aliphatic hydroxyl groups is 1. The van der Waals surface area contributed by atoms with Crippen molar-refractivity contribution in [3.63, 3.8) is 0 Å². The molecule has 0 saturated carbocycles. The summed E-state index contributed by atoms with van der Waals surface area (Å²) in [6, 6.07) is 7.29. The van der Waals surface area contributed by atoms with Gasteiger partial charge in [0.1, 0.15) is 18.0 Å². The zero-order valence-electron chi connectivity index (χ0n) is 17.1. The summed E-state index contributed by atoms with van der Waals surface area (Å²) in [6.45, 7) is 3.90. The third kappa shape index (κ3) is 5.67. The average molecular weight is 416 g/mol. The standard InChI is InChI=1S/C23H25FO6/c1-13(2)19-12-20(30-3)23(29)22(14-4-6-15(24)7-5-14)18(19)9-8-16(25)10-17(26)11-21(27)28/h4-9,12-13,16,25,29H,10-11H2,1-3H3,(H,27,28)/b9-8+. The van der Waals surface area contributed by atoms with Gasteiger partial charge in [0.2, 0.25) is 0 Å². The van der Waals surface area contributed by atoms with Gasteiger partial charge in [0.25, 0.3) is 0 Å². The summed E-state index contributed by atoms with van der Waals surface area (Å²) in [4.78, 5) is 22.3. The number of halogens is 1. The minimum absolute atomic E-state index is 0.0177. The number of carboxylic acids is 1. The van der Waals surface area contributed by atoms with Gasteiger partial charge in [-0.1, -0.05) is 38.1 Å². The van der Waals surface area contributed by atoms with Crippen molar-refractivity contribution in [1.82, 2.24) is 0 Å². The fourth-order valence-electron chi connectivity index (χ4n) is 3.15. The number of hydrogen-bond acceptors (Lipinski definition) is 5. The van der Waals surface area contributed by atoms with Gasteiger partial charge in [-0.25, -0.2) is 4.39 Å². The first kappa shape index (κ1) is 23.1. The van der Waals surface area contributed by atoms with Gasteiger partial charge in [-0.2, -0.15) is 0 Å². The van der Waals surface area contributed by atoms with Gasteiger partial charge in [0.15, 0.2) is 11.5 Å². The van der Waals surface area contributed by atoms with Crippen LogP contribution in [-0.4, -0.2) is 40.3 Å². The number of aliphatic hydroxyl groups excluding tert-OH is 1. The van der Waals surface area contributed by atoms with Crippen molar-refractivity contribution in [2.45, 2.75) is 38.7 Å². The number of benzene rings is 2. The Morgan fingerprint density at radius 1 is 1.20 bits per heavy atom. The minimum atomic E-state index is -1.25. The van der Waals surface area contributed by atoms with Gasteiger partial charge in [-0.15, -0.1) is 0 Å². The normalized spacial score (nSPS) is 12.3. The Kier molecular flexibility index (Phi) is 7.72. The molecule has 0 fully saturated rings. The number of rotatable bonds is 9. The molecule has 160 valence electrons. The Labute approximate surface area is 174 Å². The minimum Gasteiger partial charge on any atom is -0.504 e. The molecular formula is C23H25FO6. The number of carbonyl (C=O) groups is 2. The predicted octanol–water partition coefficient (Wildman–Crippen LogP) is 4.14. The molecule has 0 aliphatic heterocycles. The highest BCUT2D eigenvalue weighted by Crippen LogP contribution is 2.44. The lowest BCUT2D eigenvalue weighted by molar-refractivity contribution is -0.140. The van der Waals surface area contributed by atoms with Gasteiger partial charge in [-0.05, 0) is 40.8 Å². The molecule has 0 saturated heterocycles. The van der Waals surface area contributed by atoms with Crippen LogP contribution >= 0.6 is 0 Å².